The number of ether oxygens (including phenoxy) is 1. The summed E-state index contributed by atoms with van der Waals surface area (Å²) >= 11 is 0. The van der Waals surface area contributed by atoms with Crippen LogP contribution < -0.4 is 4.74 Å². The molecule has 1 aliphatic carbocycles. The minimum absolute atomic E-state index is 0.222. The molecule has 27 heavy (non-hydrogen) atoms. The van der Waals surface area contributed by atoms with Crippen LogP contribution in [0.3, 0.4) is 0 Å². The molecule has 0 unspecified atom stereocenters. The smallest absolute Gasteiger partial charge is 0.256 e. The number of methoxy groups -OCH3 is 1. The number of nitrogens with zero attached hydrogens (tertiary/aromatic N) is 3. The summed E-state index contributed by atoms with van der Waals surface area (Å²) in [6.07, 6.45) is 7.29. The first kappa shape index (κ1) is 18.0. The Morgan fingerprint density at radius 1 is 1.22 bits per heavy atom. The second kappa shape index (κ2) is 7.72. The molecule has 2 heterocycles. The van der Waals surface area contributed by atoms with Gasteiger partial charge in [-0.2, -0.15) is 0 Å². The van der Waals surface area contributed by atoms with Crippen molar-refractivity contribution in [3.05, 3.63) is 48.0 Å². The molecule has 1 aliphatic heterocycles. The van der Waals surface area contributed by atoms with E-state index in [0.717, 1.165) is 31.1 Å². The number of aliphatic hydroxyl groups excluding tert-OH is 1. The molecule has 6 nitrogen and oxygen atoms in total. The molecule has 0 radical (unpaired) electrons. The maximum absolute atomic E-state index is 12.7. The Balaban J connectivity index is 1.35. The second-order valence-corrected chi connectivity index (χ2v) is 7.66. The van der Waals surface area contributed by atoms with E-state index in [1.807, 2.05) is 6.20 Å². The average molecular weight is 369 g/mol. The summed E-state index contributed by atoms with van der Waals surface area (Å²) in [5.74, 6) is 2.85. The third kappa shape index (κ3) is 4.00. The maximum atomic E-state index is 12.7. The van der Waals surface area contributed by atoms with Crippen LogP contribution in [0.1, 0.15) is 49.1 Å². The van der Waals surface area contributed by atoms with Crippen molar-refractivity contribution in [2.24, 2.45) is 5.92 Å². The third-order valence-corrected chi connectivity index (χ3v) is 5.74. The van der Waals surface area contributed by atoms with Crippen LogP contribution in [0.25, 0.3) is 0 Å². The molecule has 1 atom stereocenters. The van der Waals surface area contributed by atoms with Gasteiger partial charge in [0.05, 0.1) is 7.11 Å². The molecule has 0 spiro atoms. The zero-order valence-corrected chi connectivity index (χ0v) is 15.8. The van der Waals surface area contributed by atoms with Gasteiger partial charge in [-0.15, -0.1) is 0 Å². The van der Waals surface area contributed by atoms with E-state index in [1.165, 1.54) is 12.8 Å². The van der Waals surface area contributed by atoms with Gasteiger partial charge in [0, 0.05) is 37.9 Å². The standard InChI is InChI=1S/C21H27N3O3/c1-27-18-6-4-16(5-7-18)19(25)21(26)23-11-8-17(9-12-23)20-22-10-13-24(20)14-15-2-3-15/h4-7,10,13,15,17,19,25H,2-3,8-9,11-12,14H2,1H3/t19-/m0/s1. The van der Waals surface area contributed by atoms with E-state index in [1.54, 1.807) is 36.3 Å². The number of rotatable bonds is 6. The molecule has 1 amide bonds. The van der Waals surface area contributed by atoms with Crippen molar-refractivity contribution in [3.8, 4) is 5.75 Å². The molecule has 144 valence electrons. The van der Waals surface area contributed by atoms with Crippen LogP contribution >= 0.6 is 0 Å². The SMILES string of the molecule is COc1ccc([C@H](O)C(=O)N2CCC(c3nccn3CC3CC3)CC2)cc1. The quantitative estimate of drug-likeness (QED) is 0.850. The first-order chi connectivity index (χ1) is 13.2. The highest BCUT2D eigenvalue weighted by Crippen LogP contribution is 2.33. The number of piperidine rings is 1. The number of carbonyl (C=O) groups is 1. The number of imidazole rings is 1. The Morgan fingerprint density at radius 3 is 2.56 bits per heavy atom. The number of hydrogen-bond donors (Lipinski definition) is 1. The number of amides is 1. The van der Waals surface area contributed by atoms with Gasteiger partial charge < -0.3 is 19.3 Å². The Morgan fingerprint density at radius 2 is 1.93 bits per heavy atom. The molecule has 6 heteroatoms. The van der Waals surface area contributed by atoms with Gasteiger partial charge in [0.25, 0.3) is 5.91 Å². The fourth-order valence-electron chi connectivity index (χ4n) is 3.87. The summed E-state index contributed by atoms with van der Waals surface area (Å²) in [6.45, 7) is 2.39. The number of carbonyl (C=O) groups excluding carboxylic acids is 1. The molecule has 2 aromatic rings. The molecule has 1 N–H and O–H groups in total. The first-order valence-electron chi connectivity index (χ1n) is 9.77. The average Bonchev–Trinajstić information content (AvgIpc) is 3.42. The zero-order chi connectivity index (χ0) is 18.8. The van der Waals surface area contributed by atoms with Crippen LogP contribution in [0.2, 0.25) is 0 Å². The number of aromatic nitrogens is 2. The van der Waals surface area contributed by atoms with Crippen molar-refractivity contribution < 1.29 is 14.6 Å². The van der Waals surface area contributed by atoms with E-state index < -0.39 is 6.10 Å². The molecule has 2 aliphatic rings. The summed E-state index contributed by atoms with van der Waals surface area (Å²) in [5, 5.41) is 10.5. The molecule has 1 saturated heterocycles. The van der Waals surface area contributed by atoms with Crippen LogP contribution in [0.5, 0.6) is 5.75 Å². The van der Waals surface area contributed by atoms with Crippen molar-refractivity contribution in [1.29, 1.82) is 0 Å². The lowest BCUT2D eigenvalue weighted by atomic mass is 9.95. The summed E-state index contributed by atoms with van der Waals surface area (Å²) in [4.78, 5) is 19.1. The predicted molar refractivity (Wildman–Crippen MR) is 101 cm³/mol. The predicted octanol–water partition coefficient (Wildman–Crippen LogP) is 2.74. The highest BCUT2D eigenvalue weighted by Gasteiger charge is 2.31. The number of likely N-dealkylation sites (tertiary alicyclic amines) is 1. The van der Waals surface area contributed by atoms with E-state index in [-0.39, 0.29) is 5.91 Å². The molecule has 2 fully saturated rings. The molecular formula is C21H27N3O3. The van der Waals surface area contributed by atoms with Crippen LogP contribution in [-0.2, 0) is 11.3 Å². The van der Waals surface area contributed by atoms with Gasteiger partial charge >= 0.3 is 0 Å². The summed E-state index contributed by atoms with van der Waals surface area (Å²) in [5.41, 5.74) is 0.600. The first-order valence-corrected chi connectivity index (χ1v) is 9.77. The highest BCUT2D eigenvalue weighted by atomic mass is 16.5. The van der Waals surface area contributed by atoms with Crippen LogP contribution in [-0.4, -0.2) is 45.7 Å². The molecule has 4 rings (SSSR count). The van der Waals surface area contributed by atoms with Crippen LogP contribution in [0.15, 0.2) is 36.7 Å². The number of hydrogen-bond acceptors (Lipinski definition) is 4. The Labute approximate surface area is 159 Å². The lowest BCUT2D eigenvalue weighted by Crippen LogP contribution is -2.41. The minimum Gasteiger partial charge on any atom is -0.497 e. The Hall–Kier alpha value is -2.34. The van der Waals surface area contributed by atoms with E-state index in [0.29, 0.717) is 30.3 Å². The molecular weight excluding hydrogens is 342 g/mol. The fourth-order valence-corrected chi connectivity index (χ4v) is 3.87. The number of aliphatic hydroxyl groups is 1. The summed E-state index contributed by atoms with van der Waals surface area (Å²) in [6, 6.07) is 7.00. The minimum atomic E-state index is -1.12. The molecule has 1 saturated carbocycles. The lowest BCUT2D eigenvalue weighted by molar-refractivity contribution is -0.141. The molecule has 1 aromatic heterocycles. The summed E-state index contributed by atoms with van der Waals surface area (Å²) < 4.78 is 7.42. The maximum Gasteiger partial charge on any atom is 0.256 e. The van der Waals surface area contributed by atoms with Gasteiger partial charge in [-0.25, -0.2) is 4.98 Å². The second-order valence-electron chi connectivity index (χ2n) is 7.66. The monoisotopic (exact) mass is 369 g/mol. The van der Waals surface area contributed by atoms with E-state index in [2.05, 4.69) is 15.7 Å². The van der Waals surface area contributed by atoms with Crippen LogP contribution in [0, 0.1) is 5.92 Å². The largest absolute Gasteiger partial charge is 0.497 e. The summed E-state index contributed by atoms with van der Waals surface area (Å²) in [7, 11) is 1.59. The lowest BCUT2D eigenvalue weighted by Gasteiger charge is -2.33. The van der Waals surface area contributed by atoms with Crippen LogP contribution in [0.4, 0.5) is 0 Å². The van der Waals surface area contributed by atoms with E-state index in [9.17, 15) is 9.90 Å². The van der Waals surface area contributed by atoms with Gasteiger partial charge in [-0.3, -0.25) is 4.79 Å². The van der Waals surface area contributed by atoms with Gasteiger partial charge in [-0.05, 0) is 49.3 Å². The topological polar surface area (TPSA) is 67.6 Å². The van der Waals surface area contributed by atoms with Crippen molar-refractivity contribution in [2.45, 2.75) is 44.2 Å². The van der Waals surface area contributed by atoms with E-state index >= 15 is 0 Å². The van der Waals surface area contributed by atoms with Crippen molar-refractivity contribution in [3.63, 3.8) is 0 Å². The van der Waals surface area contributed by atoms with Gasteiger partial charge in [0.2, 0.25) is 0 Å². The van der Waals surface area contributed by atoms with Crippen molar-refractivity contribution in [2.75, 3.05) is 20.2 Å². The highest BCUT2D eigenvalue weighted by molar-refractivity contribution is 5.82. The number of benzene rings is 1. The molecule has 1 aromatic carbocycles. The van der Waals surface area contributed by atoms with Gasteiger partial charge in [-0.1, -0.05) is 12.1 Å². The van der Waals surface area contributed by atoms with E-state index in [4.69, 9.17) is 4.74 Å². The van der Waals surface area contributed by atoms with Crippen molar-refractivity contribution >= 4 is 5.91 Å². The van der Waals surface area contributed by atoms with Crippen molar-refractivity contribution in [1.82, 2.24) is 14.5 Å². The van der Waals surface area contributed by atoms with Gasteiger partial charge in [0.15, 0.2) is 6.10 Å². The third-order valence-electron chi connectivity index (χ3n) is 5.74. The zero-order valence-electron chi connectivity index (χ0n) is 15.8. The normalized spacial score (nSPS) is 19.1. The Bertz CT molecular complexity index is 774. The fraction of sp³-hybridized carbons (Fsp3) is 0.524. The molecule has 0 bridgehead atoms. The Kier molecular flexibility index (Phi) is 5.16. The van der Waals surface area contributed by atoms with Gasteiger partial charge in [0.1, 0.15) is 11.6 Å².